The van der Waals surface area contributed by atoms with E-state index in [1.165, 1.54) is 9.47 Å². The fraction of sp³-hybridized carbons (Fsp3) is 0.208. The number of rotatable bonds is 3. The minimum absolute atomic E-state index is 0.0521. The molecule has 2 N–H and O–H groups in total. The Morgan fingerprint density at radius 1 is 1.08 bits per heavy atom. The van der Waals surface area contributed by atoms with E-state index < -0.39 is 69.4 Å². The summed E-state index contributed by atoms with van der Waals surface area (Å²) in [7, 11) is 0. The number of nitrogens with one attached hydrogen (secondary N) is 1. The lowest BCUT2D eigenvalue weighted by molar-refractivity contribution is 0.0653. The molecular weight excluding hydrogens is 506 g/mol. The Bertz CT molecular complexity index is 1520. The number of hydrogen-bond acceptors (Lipinski definition) is 4. The summed E-state index contributed by atoms with van der Waals surface area (Å²) in [6, 6.07) is 3.44. The molecule has 186 valence electrons. The molecule has 1 atom stereocenters. The van der Waals surface area contributed by atoms with Gasteiger partial charge >= 0.3 is 0 Å². The fourth-order valence-electron chi connectivity index (χ4n) is 4.55. The van der Waals surface area contributed by atoms with E-state index in [4.69, 9.17) is 11.6 Å². The summed E-state index contributed by atoms with van der Waals surface area (Å²) in [6.07, 6.45) is 1.23. The van der Waals surface area contributed by atoms with Crippen LogP contribution in [0.1, 0.15) is 43.6 Å². The lowest BCUT2D eigenvalue weighted by atomic mass is 10.0. The van der Waals surface area contributed by atoms with E-state index >= 15 is 0 Å². The first-order valence-corrected chi connectivity index (χ1v) is 11.1. The molecule has 0 saturated heterocycles. The quantitative estimate of drug-likeness (QED) is 0.408. The number of carbonyl (C=O) groups excluding carboxylic acids is 2. The number of aromatic nitrogens is 1. The summed E-state index contributed by atoms with van der Waals surface area (Å²) < 4.78 is 56.5. The monoisotopic (exact) mass is 521 g/mol. The summed E-state index contributed by atoms with van der Waals surface area (Å²) >= 11 is 5.54. The maximum atomic E-state index is 14.2. The second-order valence-electron chi connectivity index (χ2n) is 8.57. The molecule has 1 aromatic heterocycles. The van der Waals surface area contributed by atoms with Gasteiger partial charge in [-0.05, 0) is 35.7 Å². The Kier molecular flexibility index (Phi) is 5.74. The highest BCUT2D eigenvalue weighted by Crippen LogP contribution is 2.34. The topological polar surface area (TPSA) is 91.6 Å². The van der Waals surface area contributed by atoms with E-state index in [1.54, 1.807) is 0 Å². The number of amides is 2. The van der Waals surface area contributed by atoms with Crippen LogP contribution < -0.4 is 10.7 Å². The molecule has 3 heterocycles. The average Bonchev–Trinajstić information content (AvgIpc) is 3.00. The van der Waals surface area contributed by atoms with Crippen molar-refractivity contribution in [2.24, 2.45) is 0 Å². The van der Waals surface area contributed by atoms with Crippen molar-refractivity contribution in [1.29, 1.82) is 0 Å². The zero-order valence-electron chi connectivity index (χ0n) is 18.2. The van der Waals surface area contributed by atoms with Crippen LogP contribution in [0.2, 0.25) is 5.02 Å². The third-order valence-corrected chi connectivity index (χ3v) is 6.73. The molecule has 0 aliphatic carbocycles. The molecule has 2 aliphatic rings. The zero-order valence-corrected chi connectivity index (χ0v) is 19.0. The third-order valence-electron chi connectivity index (χ3n) is 6.38. The van der Waals surface area contributed by atoms with Crippen LogP contribution in [-0.4, -0.2) is 32.9 Å². The summed E-state index contributed by atoms with van der Waals surface area (Å²) in [6.45, 7) is -0.392. The highest BCUT2D eigenvalue weighted by molar-refractivity contribution is 6.30. The van der Waals surface area contributed by atoms with Crippen LogP contribution in [0.5, 0.6) is 5.75 Å². The molecule has 0 spiro atoms. The second kappa shape index (κ2) is 8.66. The van der Waals surface area contributed by atoms with Crippen molar-refractivity contribution < 1.29 is 32.3 Å². The number of carbonyl (C=O) groups is 2. The molecular formula is C24H16ClF4N3O4. The first-order chi connectivity index (χ1) is 17.1. The normalized spacial score (nSPS) is 16.3. The number of aromatic hydroxyl groups is 1. The number of pyridine rings is 1. The zero-order chi connectivity index (χ0) is 25.9. The van der Waals surface area contributed by atoms with Crippen molar-refractivity contribution in [2.75, 3.05) is 6.54 Å². The predicted molar refractivity (Wildman–Crippen MR) is 119 cm³/mol. The SMILES string of the molecule is O=C(NCc1ccc(F)c(Cl)c1F)c1cn2c(c(O)c1=O)C(=O)N1Cc3cc(F)c(F)cc3C[C@H]2C1. The van der Waals surface area contributed by atoms with Gasteiger partial charge in [-0.25, -0.2) is 17.6 Å². The maximum absolute atomic E-state index is 14.2. The van der Waals surface area contributed by atoms with E-state index in [2.05, 4.69) is 5.32 Å². The molecule has 2 bridgehead atoms. The summed E-state index contributed by atoms with van der Waals surface area (Å²) in [4.78, 5) is 39.9. The average molecular weight is 522 g/mol. The molecule has 36 heavy (non-hydrogen) atoms. The van der Waals surface area contributed by atoms with E-state index in [9.17, 15) is 37.1 Å². The molecule has 2 aromatic carbocycles. The van der Waals surface area contributed by atoms with Gasteiger partial charge in [0.15, 0.2) is 23.1 Å². The van der Waals surface area contributed by atoms with E-state index in [1.807, 2.05) is 0 Å². The summed E-state index contributed by atoms with van der Waals surface area (Å²) in [5.41, 5.74) is -1.32. The first-order valence-electron chi connectivity index (χ1n) is 10.7. The lowest BCUT2D eigenvalue weighted by Crippen LogP contribution is -2.44. The van der Waals surface area contributed by atoms with Gasteiger partial charge in [-0.2, -0.15) is 0 Å². The Balaban J connectivity index is 1.51. The van der Waals surface area contributed by atoms with Crippen LogP contribution in [0.4, 0.5) is 17.6 Å². The van der Waals surface area contributed by atoms with E-state index in [0.717, 1.165) is 30.5 Å². The Labute approximate surface area is 205 Å². The van der Waals surface area contributed by atoms with Crippen molar-refractivity contribution in [3.63, 3.8) is 0 Å². The Hall–Kier alpha value is -3.86. The number of halogens is 5. The van der Waals surface area contributed by atoms with Crippen LogP contribution in [0.3, 0.4) is 0 Å². The predicted octanol–water partition coefficient (Wildman–Crippen LogP) is 3.45. The molecule has 0 fully saturated rings. The standard InChI is InChI=1S/C24H16ClF4N3O4/c25-18-15(26)2-1-10(19(18)29)6-30-23(35)14-9-32-13-3-11-4-16(27)17(28)5-12(11)7-31(8-13)24(36)20(32)22(34)21(14)33/h1-2,4-5,9,13,34H,3,6-8H2,(H,30,35)/t13-/m0/s1. The van der Waals surface area contributed by atoms with Crippen molar-refractivity contribution >= 4 is 23.4 Å². The van der Waals surface area contributed by atoms with Gasteiger partial charge in [0.2, 0.25) is 5.43 Å². The van der Waals surface area contributed by atoms with Crippen LogP contribution in [0.15, 0.2) is 35.3 Å². The van der Waals surface area contributed by atoms with Crippen molar-refractivity contribution in [3.8, 4) is 5.75 Å². The van der Waals surface area contributed by atoms with Gasteiger partial charge < -0.3 is 19.9 Å². The molecule has 3 aromatic rings. The first kappa shape index (κ1) is 23.9. The van der Waals surface area contributed by atoms with Gasteiger partial charge in [-0.15, -0.1) is 0 Å². The molecule has 0 unspecified atom stereocenters. The minimum Gasteiger partial charge on any atom is -0.503 e. The molecule has 5 rings (SSSR count). The maximum Gasteiger partial charge on any atom is 0.274 e. The third kappa shape index (κ3) is 3.79. The number of hydrogen-bond donors (Lipinski definition) is 2. The molecule has 7 nitrogen and oxygen atoms in total. The molecule has 12 heteroatoms. The van der Waals surface area contributed by atoms with Gasteiger partial charge in [0.05, 0.1) is 6.04 Å². The van der Waals surface area contributed by atoms with Gasteiger partial charge in [0.1, 0.15) is 22.2 Å². The lowest BCUT2D eigenvalue weighted by Gasteiger charge is -2.34. The van der Waals surface area contributed by atoms with Gasteiger partial charge in [0.25, 0.3) is 11.8 Å². The van der Waals surface area contributed by atoms with E-state index in [0.29, 0.717) is 11.1 Å². The van der Waals surface area contributed by atoms with Gasteiger partial charge in [0, 0.05) is 31.4 Å². The highest BCUT2D eigenvalue weighted by atomic mass is 35.5. The van der Waals surface area contributed by atoms with E-state index in [-0.39, 0.29) is 30.8 Å². The molecule has 0 saturated carbocycles. The van der Waals surface area contributed by atoms with Gasteiger partial charge in [-0.1, -0.05) is 17.7 Å². The van der Waals surface area contributed by atoms with Crippen LogP contribution in [0, 0.1) is 23.3 Å². The second-order valence-corrected chi connectivity index (χ2v) is 8.95. The molecule has 0 radical (unpaired) electrons. The fourth-order valence-corrected chi connectivity index (χ4v) is 4.74. The highest BCUT2D eigenvalue weighted by Gasteiger charge is 2.38. The van der Waals surface area contributed by atoms with Crippen molar-refractivity contribution in [3.05, 3.63) is 96.9 Å². The Morgan fingerprint density at radius 2 is 1.78 bits per heavy atom. The van der Waals surface area contributed by atoms with Crippen LogP contribution >= 0.6 is 11.6 Å². The summed E-state index contributed by atoms with van der Waals surface area (Å²) in [5, 5.41) is 12.2. The van der Waals surface area contributed by atoms with Gasteiger partial charge in [-0.3, -0.25) is 14.4 Å². The number of nitrogens with zero attached hydrogens (tertiary/aromatic N) is 2. The smallest absolute Gasteiger partial charge is 0.274 e. The van der Waals surface area contributed by atoms with Crippen molar-refractivity contribution in [1.82, 2.24) is 14.8 Å². The van der Waals surface area contributed by atoms with Crippen LogP contribution in [0.25, 0.3) is 0 Å². The number of fused-ring (bicyclic) bond motifs is 5. The largest absolute Gasteiger partial charge is 0.503 e. The number of benzene rings is 2. The van der Waals surface area contributed by atoms with Crippen molar-refractivity contribution in [2.45, 2.75) is 25.6 Å². The Morgan fingerprint density at radius 3 is 2.50 bits per heavy atom. The van der Waals surface area contributed by atoms with Crippen LogP contribution in [-0.2, 0) is 19.5 Å². The minimum atomic E-state index is -1.13. The molecule has 2 amide bonds. The summed E-state index contributed by atoms with van der Waals surface area (Å²) in [5.74, 6) is -6.83. The molecule has 2 aliphatic heterocycles.